The molecule has 6 nitrogen and oxygen atoms in total. The van der Waals surface area contributed by atoms with Crippen molar-refractivity contribution in [3.05, 3.63) is 107 Å². The smallest absolute Gasteiger partial charge is 0.235 e. The van der Waals surface area contributed by atoms with Gasteiger partial charge in [-0.25, -0.2) is 16.8 Å². The molecule has 0 radical (unpaired) electrons. The van der Waals surface area contributed by atoms with E-state index in [1.807, 2.05) is 60.7 Å². The van der Waals surface area contributed by atoms with E-state index in [4.69, 9.17) is 0 Å². The van der Waals surface area contributed by atoms with Gasteiger partial charge in [-0.15, -0.1) is 0 Å². The van der Waals surface area contributed by atoms with Gasteiger partial charge in [0.2, 0.25) is 20.0 Å². The second-order valence-electron chi connectivity index (χ2n) is 11.1. The SMILES string of the molecule is O=S(=O)(Nc1ccc2c(c1)/C(=C1\c3ccccc3-c3ccc(NS(=O)(=O)C4CC4)cc31)c1ccccc1-2)C1CC1. The molecule has 0 atom stereocenters. The predicted molar refractivity (Wildman–Crippen MR) is 160 cm³/mol. The molecule has 8 rings (SSSR count). The van der Waals surface area contributed by atoms with E-state index in [-0.39, 0.29) is 10.5 Å². The van der Waals surface area contributed by atoms with E-state index in [9.17, 15) is 16.8 Å². The van der Waals surface area contributed by atoms with Gasteiger partial charge in [0.25, 0.3) is 0 Å². The Morgan fingerprint density at radius 3 is 1.18 bits per heavy atom. The molecule has 0 aromatic heterocycles. The monoisotopic (exact) mass is 566 g/mol. The van der Waals surface area contributed by atoms with Crippen LogP contribution in [0.4, 0.5) is 11.4 Å². The second-order valence-corrected chi connectivity index (χ2v) is 15.0. The molecule has 0 unspecified atom stereocenters. The van der Waals surface area contributed by atoms with Crippen LogP contribution in [0.25, 0.3) is 33.4 Å². The molecule has 4 aromatic carbocycles. The van der Waals surface area contributed by atoms with Crippen molar-refractivity contribution in [3.63, 3.8) is 0 Å². The molecule has 200 valence electrons. The Morgan fingerprint density at radius 2 is 0.800 bits per heavy atom. The number of benzene rings is 4. The zero-order chi connectivity index (χ0) is 27.2. The standard InChI is InChI=1S/C32H26N2O4S2/c35-39(36,21-11-12-21)33-19-9-15-25-23-5-1-3-7-27(23)31(29(25)17-19)32-28-8-4-2-6-24(28)26-16-10-20(18-30(26)32)34-40(37,38)22-13-14-22/h1-10,15-18,21-22,33-34H,11-14H2/b32-31+. The topological polar surface area (TPSA) is 92.3 Å². The molecule has 0 saturated heterocycles. The van der Waals surface area contributed by atoms with Crippen molar-refractivity contribution >= 4 is 42.6 Å². The lowest BCUT2D eigenvalue weighted by Crippen LogP contribution is -2.17. The van der Waals surface area contributed by atoms with Gasteiger partial charge in [-0.1, -0.05) is 60.7 Å². The van der Waals surface area contributed by atoms with Crippen molar-refractivity contribution in [1.82, 2.24) is 0 Å². The van der Waals surface area contributed by atoms with Crippen molar-refractivity contribution < 1.29 is 16.8 Å². The Labute approximate surface area is 233 Å². The van der Waals surface area contributed by atoms with Gasteiger partial charge in [-0.2, -0.15) is 0 Å². The molecule has 2 fully saturated rings. The molecule has 4 aliphatic carbocycles. The van der Waals surface area contributed by atoms with Crippen molar-refractivity contribution in [2.24, 2.45) is 0 Å². The summed E-state index contributed by atoms with van der Waals surface area (Å²) in [4.78, 5) is 0. The third kappa shape index (κ3) is 3.73. The van der Waals surface area contributed by atoms with Crippen LogP contribution in [0.1, 0.15) is 47.9 Å². The van der Waals surface area contributed by atoms with Crippen LogP contribution >= 0.6 is 0 Å². The number of sulfonamides is 2. The van der Waals surface area contributed by atoms with E-state index < -0.39 is 20.0 Å². The first-order valence-electron chi connectivity index (χ1n) is 13.6. The summed E-state index contributed by atoms with van der Waals surface area (Å²) in [5.74, 6) is 0. The van der Waals surface area contributed by atoms with Crippen molar-refractivity contribution in [2.75, 3.05) is 9.44 Å². The Morgan fingerprint density at radius 1 is 0.450 bits per heavy atom. The second kappa shape index (κ2) is 8.32. The first-order valence-corrected chi connectivity index (χ1v) is 16.7. The van der Waals surface area contributed by atoms with Crippen LogP contribution in [0.5, 0.6) is 0 Å². The quantitative estimate of drug-likeness (QED) is 0.242. The zero-order valence-electron chi connectivity index (χ0n) is 21.5. The fourth-order valence-electron chi connectivity index (χ4n) is 6.05. The first-order chi connectivity index (χ1) is 19.3. The molecule has 0 aliphatic heterocycles. The third-order valence-electron chi connectivity index (χ3n) is 8.25. The largest absolute Gasteiger partial charge is 0.283 e. The summed E-state index contributed by atoms with van der Waals surface area (Å²) < 4.78 is 56.7. The van der Waals surface area contributed by atoms with E-state index in [1.54, 1.807) is 0 Å². The molecule has 8 heteroatoms. The summed E-state index contributed by atoms with van der Waals surface area (Å²) in [7, 11) is -6.83. The van der Waals surface area contributed by atoms with Crippen molar-refractivity contribution in [2.45, 2.75) is 36.2 Å². The van der Waals surface area contributed by atoms with Gasteiger partial charge < -0.3 is 0 Å². The van der Waals surface area contributed by atoms with Crippen molar-refractivity contribution in [1.29, 1.82) is 0 Å². The molecule has 2 N–H and O–H groups in total. The highest BCUT2D eigenvalue weighted by Gasteiger charge is 2.38. The van der Waals surface area contributed by atoms with Gasteiger partial charge in [0, 0.05) is 11.4 Å². The highest BCUT2D eigenvalue weighted by Crippen LogP contribution is 2.55. The Balaban J connectivity index is 1.36. The van der Waals surface area contributed by atoms with E-state index >= 15 is 0 Å². The molecule has 0 heterocycles. The summed E-state index contributed by atoms with van der Waals surface area (Å²) in [6.45, 7) is 0. The molecule has 40 heavy (non-hydrogen) atoms. The molecule has 4 aromatic rings. The maximum absolute atomic E-state index is 12.8. The normalized spacial score (nSPS) is 19.0. The predicted octanol–water partition coefficient (Wildman–Crippen LogP) is 6.46. The molecule has 2 saturated carbocycles. The number of fused-ring (bicyclic) bond motifs is 6. The van der Waals surface area contributed by atoms with Gasteiger partial charge in [-0.05, 0) is 106 Å². The average Bonchev–Trinajstić information content (AvgIpc) is 3.86. The lowest BCUT2D eigenvalue weighted by atomic mass is 9.91. The van der Waals surface area contributed by atoms with Crippen LogP contribution in [0.15, 0.2) is 84.9 Å². The number of rotatable bonds is 6. The van der Waals surface area contributed by atoms with Crippen molar-refractivity contribution in [3.8, 4) is 22.3 Å². The Kier molecular flexibility index (Phi) is 4.98. The average molecular weight is 567 g/mol. The number of hydrogen-bond donors (Lipinski definition) is 2. The highest BCUT2D eigenvalue weighted by molar-refractivity contribution is 7.93. The minimum absolute atomic E-state index is 0.317. The molecular formula is C32H26N2O4S2. The van der Waals surface area contributed by atoms with E-state index in [0.717, 1.165) is 55.7 Å². The van der Waals surface area contributed by atoms with E-state index in [2.05, 4.69) is 33.7 Å². The molecule has 0 amide bonds. The highest BCUT2D eigenvalue weighted by atomic mass is 32.2. The minimum Gasteiger partial charge on any atom is -0.283 e. The summed E-state index contributed by atoms with van der Waals surface area (Å²) in [5.41, 5.74) is 11.5. The molecule has 0 spiro atoms. The van der Waals surface area contributed by atoms with Gasteiger partial charge >= 0.3 is 0 Å². The number of anilines is 2. The lowest BCUT2D eigenvalue weighted by molar-refractivity contribution is 0.598. The van der Waals surface area contributed by atoms with Crippen LogP contribution in [0.2, 0.25) is 0 Å². The summed E-state index contributed by atoms with van der Waals surface area (Å²) >= 11 is 0. The molecule has 4 aliphatic rings. The maximum atomic E-state index is 12.8. The van der Waals surface area contributed by atoms with Gasteiger partial charge in [-0.3, -0.25) is 9.44 Å². The lowest BCUT2D eigenvalue weighted by Gasteiger charge is -2.14. The first kappa shape index (κ1) is 24.0. The zero-order valence-corrected chi connectivity index (χ0v) is 23.1. The van der Waals surface area contributed by atoms with E-state index in [1.165, 1.54) is 0 Å². The van der Waals surface area contributed by atoms with Gasteiger partial charge in [0.1, 0.15) is 0 Å². The molecule has 0 bridgehead atoms. The number of hydrogen-bond acceptors (Lipinski definition) is 4. The van der Waals surface area contributed by atoms with E-state index in [0.29, 0.717) is 37.1 Å². The van der Waals surface area contributed by atoms with Crippen LogP contribution in [-0.4, -0.2) is 27.3 Å². The van der Waals surface area contributed by atoms with Crippen LogP contribution in [0.3, 0.4) is 0 Å². The van der Waals surface area contributed by atoms with Gasteiger partial charge in [0.05, 0.1) is 10.5 Å². The fraction of sp³-hybridized carbons (Fsp3) is 0.188. The fourth-order valence-corrected chi connectivity index (χ4v) is 8.81. The summed E-state index contributed by atoms with van der Waals surface area (Å²) in [5, 5.41) is -0.635. The third-order valence-corrected chi connectivity index (χ3v) is 12.0. The number of nitrogens with one attached hydrogen (secondary N) is 2. The maximum Gasteiger partial charge on any atom is 0.235 e. The Bertz CT molecular complexity index is 1860. The minimum atomic E-state index is -3.42. The van der Waals surface area contributed by atoms with Crippen LogP contribution in [-0.2, 0) is 20.0 Å². The summed E-state index contributed by atoms with van der Waals surface area (Å²) in [6.07, 6.45) is 2.78. The Hall–Kier alpha value is -3.88. The summed E-state index contributed by atoms with van der Waals surface area (Å²) in [6, 6.07) is 28.0. The van der Waals surface area contributed by atoms with Crippen LogP contribution in [0, 0.1) is 0 Å². The van der Waals surface area contributed by atoms with Gasteiger partial charge in [0.15, 0.2) is 0 Å². The molecular weight excluding hydrogens is 540 g/mol. The van der Waals surface area contributed by atoms with Crippen LogP contribution < -0.4 is 9.44 Å².